The summed E-state index contributed by atoms with van der Waals surface area (Å²) >= 11 is 6.06. The highest BCUT2D eigenvalue weighted by atomic mass is 35.5. The zero-order chi connectivity index (χ0) is 19.5. The topological polar surface area (TPSA) is 66.5 Å². The molecule has 1 N–H and O–H groups in total. The fraction of sp³-hybridized carbons (Fsp3) is 0.316. The number of anilines is 2. The van der Waals surface area contributed by atoms with Gasteiger partial charge in [-0.3, -0.25) is 9.10 Å². The molecule has 2 rings (SSSR count). The summed E-state index contributed by atoms with van der Waals surface area (Å²) in [5, 5.41) is 3.32. The molecule has 0 aliphatic heterocycles. The standard InChI is InChI=1S/C19H23ClN2O3S/c1-13-5-6-15(3)18(11-13)22(26(4,24)25)10-9-19(23)21-16-8-7-14(2)17(20)12-16/h5-8,11-12H,9-10H2,1-4H3,(H,21,23). The number of nitrogens with one attached hydrogen (secondary N) is 1. The lowest BCUT2D eigenvalue weighted by atomic mass is 10.1. The molecule has 0 bridgehead atoms. The molecule has 2 aromatic rings. The Morgan fingerprint density at radius 2 is 1.73 bits per heavy atom. The molecule has 26 heavy (non-hydrogen) atoms. The van der Waals surface area contributed by atoms with Gasteiger partial charge in [-0.15, -0.1) is 0 Å². The first-order valence-corrected chi connectivity index (χ1v) is 10.4. The monoisotopic (exact) mass is 394 g/mol. The summed E-state index contributed by atoms with van der Waals surface area (Å²) in [6.07, 6.45) is 1.18. The SMILES string of the molecule is Cc1ccc(C)c(N(CCC(=O)Nc2ccc(C)c(Cl)c2)S(C)(=O)=O)c1. The van der Waals surface area contributed by atoms with E-state index < -0.39 is 10.0 Å². The molecular formula is C19H23ClN2O3S. The van der Waals surface area contributed by atoms with Gasteiger partial charge in [-0.2, -0.15) is 0 Å². The smallest absolute Gasteiger partial charge is 0.232 e. The quantitative estimate of drug-likeness (QED) is 0.803. The van der Waals surface area contributed by atoms with Crippen LogP contribution in [0.4, 0.5) is 11.4 Å². The number of carbonyl (C=O) groups excluding carboxylic acids is 1. The van der Waals surface area contributed by atoms with Crippen LogP contribution in [0.25, 0.3) is 0 Å². The third-order valence-electron chi connectivity index (χ3n) is 4.03. The number of hydrogen-bond donors (Lipinski definition) is 1. The van der Waals surface area contributed by atoms with Gasteiger partial charge in [0.25, 0.3) is 0 Å². The number of benzene rings is 2. The highest BCUT2D eigenvalue weighted by Gasteiger charge is 2.20. The summed E-state index contributed by atoms with van der Waals surface area (Å²) < 4.78 is 25.7. The van der Waals surface area contributed by atoms with Crippen LogP contribution in [0.15, 0.2) is 36.4 Å². The third kappa shape index (κ3) is 5.22. The zero-order valence-electron chi connectivity index (χ0n) is 15.3. The van der Waals surface area contributed by atoms with E-state index in [4.69, 9.17) is 11.6 Å². The molecule has 0 radical (unpaired) electrons. The average molecular weight is 395 g/mol. The van der Waals surface area contributed by atoms with E-state index in [-0.39, 0.29) is 18.9 Å². The fourth-order valence-electron chi connectivity index (χ4n) is 2.55. The molecule has 0 unspecified atom stereocenters. The van der Waals surface area contributed by atoms with Gasteiger partial charge >= 0.3 is 0 Å². The Morgan fingerprint density at radius 3 is 2.35 bits per heavy atom. The van der Waals surface area contributed by atoms with Crippen molar-refractivity contribution in [1.82, 2.24) is 0 Å². The number of aryl methyl sites for hydroxylation is 3. The molecule has 0 atom stereocenters. The summed E-state index contributed by atoms with van der Waals surface area (Å²) in [7, 11) is -3.51. The van der Waals surface area contributed by atoms with Gasteiger partial charge in [0.2, 0.25) is 15.9 Å². The average Bonchev–Trinajstić information content (AvgIpc) is 2.53. The largest absolute Gasteiger partial charge is 0.326 e. The maximum atomic E-state index is 12.2. The van der Waals surface area contributed by atoms with Crippen molar-refractivity contribution >= 4 is 38.9 Å². The number of rotatable bonds is 6. The molecule has 5 nitrogen and oxygen atoms in total. The molecule has 0 heterocycles. The number of carbonyl (C=O) groups is 1. The Labute approximate surface area is 160 Å². The zero-order valence-corrected chi connectivity index (χ0v) is 16.9. The molecule has 140 valence electrons. The molecule has 0 fully saturated rings. The first kappa shape index (κ1) is 20.3. The molecule has 2 aromatic carbocycles. The van der Waals surface area contributed by atoms with Gasteiger partial charge in [-0.1, -0.05) is 29.8 Å². The summed E-state index contributed by atoms with van der Waals surface area (Å²) in [4.78, 5) is 12.2. The van der Waals surface area contributed by atoms with Crippen LogP contribution in [0, 0.1) is 20.8 Å². The normalized spacial score (nSPS) is 11.3. The van der Waals surface area contributed by atoms with Crippen LogP contribution >= 0.6 is 11.6 Å². The minimum Gasteiger partial charge on any atom is -0.326 e. The van der Waals surface area contributed by atoms with Crippen LogP contribution < -0.4 is 9.62 Å². The molecule has 0 aliphatic rings. The number of halogens is 1. The predicted octanol–water partition coefficient (Wildman–Crippen LogP) is 4.06. The van der Waals surface area contributed by atoms with Crippen molar-refractivity contribution in [1.29, 1.82) is 0 Å². The minimum absolute atomic E-state index is 0.0337. The Morgan fingerprint density at radius 1 is 1.08 bits per heavy atom. The van der Waals surface area contributed by atoms with Crippen LogP contribution in [0.1, 0.15) is 23.1 Å². The van der Waals surface area contributed by atoms with Crippen LogP contribution in [0.2, 0.25) is 5.02 Å². The molecule has 0 spiro atoms. The van der Waals surface area contributed by atoms with Crippen molar-refractivity contribution < 1.29 is 13.2 Å². The maximum absolute atomic E-state index is 12.2. The van der Waals surface area contributed by atoms with Gasteiger partial charge in [0.15, 0.2) is 0 Å². The van der Waals surface area contributed by atoms with Crippen LogP contribution in [0.5, 0.6) is 0 Å². The lowest BCUT2D eigenvalue weighted by Gasteiger charge is -2.24. The summed E-state index contributed by atoms with van der Waals surface area (Å²) in [6, 6.07) is 10.9. The Balaban J connectivity index is 2.13. The molecule has 0 saturated carbocycles. The van der Waals surface area contributed by atoms with E-state index in [1.165, 1.54) is 4.31 Å². The van der Waals surface area contributed by atoms with E-state index in [0.29, 0.717) is 16.4 Å². The van der Waals surface area contributed by atoms with Gasteiger partial charge in [0.1, 0.15) is 0 Å². The number of sulfonamides is 1. The van der Waals surface area contributed by atoms with Crippen LogP contribution in [-0.2, 0) is 14.8 Å². The molecule has 0 saturated heterocycles. The summed E-state index contributed by atoms with van der Waals surface area (Å²) in [6.45, 7) is 5.69. The molecule has 0 aliphatic carbocycles. The molecule has 1 amide bonds. The van der Waals surface area contributed by atoms with Crippen LogP contribution in [0.3, 0.4) is 0 Å². The van der Waals surface area contributed by atoms with Crippen molar-refractivity contribution in [2.45, 2.75) is 27.2 Å². The lowest BCUT2D eigenvalue weighted by Crippen LogP contribution is -2.33. The Bertz CT molecular complexity index is 926. The highest BCUT2D eigenvalue weighted by molar-refractivity contribution is 7.92. The second-order valence-corrected chi connectivity index (χ2v) is 8.70. The fourth-order valence-corrected chi connectivity index (χ4v) is 3.71. The third-order valence-corrected chi connectivity index (χ3v) is 5.62. The minimum atomic E-state index is -3.51. The van der Waals surface area contributed by atoms with Gasteiger partial charge in [-0.05, 0) is 55.7 Å². The lowest BCUT2D eigenvalue weighted by molar-refractivity contribution is -0.116. The van der Waals surface area contributed by atoms with E-state index in [9.17, 15) is 13.2 Å². The second kappa shape index (κ2) is 8.10. The van der Waals surface area contributed by atoms with E-state index in [0.717, 1.165) is 22.9 Å². The van der Waals surface area contributed by atoms with Crippen molar-refractivity contribution in [2.75, 3.05) is 22.4 Å². The van der Waals surface area contributed by atoms with Gasteiger partial charge < -0.3 is 5.32 Å². The first-order chi connectivity index (χ1) is 12.1. The number of hydrogen-bond acceptors (Lipinski definition) is 3. The second-order valence-electron chi connectivity index (χ2n) is 6.39. The van der Waals surface area contributed by atoms with E-state index in [1.54, 1.807) is 12.1 Å². The van der Waals surface area contributed by atoms with Crippen molar-refractivity contribution in [3.8, 4) is 0 Å². The number of nitrogens with zero attached hydrogens (tertiary/aromatic N) is 1. The van der Waals surface area contributed by atoms with Crippen molar-refractivity contribution in [2.24, 2.45) is 0 Å². The number of amides is 1. The molecule has 7 heteroatoms. The molecule has 0 aromatic heterocycles. The summed E-state index contributed by atoms with van der Waals surface area (Å²) in [5.74, 6) is -0.274. The van der Waals surface area contributed by atoms with Crippen LogP contribution in [-0.4, -0.2) is 27.1 Å². The summed E-state index contributed by atoms with van der Waals surface area (Å²) in [5.41, 5.74) is 3.90. The molecular weight excluding hydrogens is 372 g/mol. The van der Waals surface area contributed by atoms with E-state index in [2.05, 4.69) is 5.32 Å². The van der Waals surface area contributed by atoms with Gasteiger partial charge in [0.05, 0.1) is 11.9 Å². The highest BCUT2D eigenvalue weighted by Crippen LogP contribution is 2.24. The van der Waals surface area contributed by atoms with E-state index >= 15 is 0 Å². The van der Waals surface area contributed by atoms with Crippen molar-refractivity contribution in [3.05, 3.63) is 58.1 Å². The maximum Gasteiger partial charge on any atom is 0.232 e. The van der Waals surface area contributed by atoms with Crippen molar-refractivity contribution in [3.63, 3.8) is 0 Å². The van der Waals surface area contributed by atoms with Gasteiger partial charge in [-0.25, -0.2) is 8.42 Å². The first-order valence-electron chi connectivity index (χ1n) is 8.19. The van der Waals surface area contributed by atoms with E-state index in [1.807, 2.05) is 45.0 Å². The van der Waals surface area contributed by atoms with Gasteiger partial charge in [0, 0.05) is 23.7 Å². The Kier molecular flexibility index (Phi) is 6.31. The Hall–Kier alpha value is -2.05. The predicted molar refractivity (Wildman–Crippen MR) is 108 cm³/mol.